The molecule has 0 spiro atoms. The van der Waals surface area contributed by atoms with Gasteiger partial charge in [0.1, 0.15) is 12.1 Å². The van der Waals surface area contributed by atoms with Crippen LogP contribution >= 0.6 is 0 Å². The van der Waals surface area contributed by atoms with Gasteiger partial charge in [-0.15, -0.1) is 0 Å². The summed E-state index contributed by atoms with van der Waals surface area (Å²) in [6, 6.07) is 17.4. The molecule has 2 aromatic carbocycles. The lowest BCUT2D eigenvalue weighted by Gasteiger charge is -2.04. The lowest BCUT2D eigenvalue weighted by molar-refractivity contribution is 1.42. The van der Waals surface area contributed by atoms with Crippen LogP contribution in [0.3, 0.4) is 0 Å². The van der Waals surface area contributed by atoms with Gasteiger partial charge in [-0.25, -0.2) is 0 Å². The first-order chi connectivity index (χ1) is 8.24. The Labute approximate surface area is 100 Å². The van der Waals surface area contributed by atoms with Crippen molar-refractivity contribution in [2.75, 3.05) is 0 Å². The van der Waals surface area contributed by atoms with Gasteiger partial charge < -0.3 is 0 Å². The molecule has 0 amide bonds. The Morgan fingerprint density at radius 1 is 0.824 bits per heavy atom. The molecule has 80 valence electrons. The molecule has 0 saturated carbocycles. The molecule has 2 aromatic rings. The van der Waals surface area contributed by atoms with Gasteiger partial charge in [-0.05, 0) is 30.2 Å². The molecule has 0 N–H and O–H groups in total. The summed E-state index contributed by atoms with van der Waals surface area (Å²) in [4.78, 5) is 0. The van der Waals surface area contributed by atoms with Gasteiger partial charge in [0, 0.05) is 0 Å². The zero-order chi connectivity index (χ0) is 12.3. The summed E-state index contributed by atoms with van der Waals surface area (Å²) in [5, 5.41) is 17.8. The van der Waals surface area contributed by atoms with Crippen LogP contribution < -0.4 is 0 Å². The van der Waals surface area contributed by atoms with Crippen molar-refractivity contribution in [3.05, 3.63) is 59.2 Å². The van der Waals surface area contributed by atoms with Gasteiger partial charge in [-0.3, -0.25) is 0 Å². The first-order valence-electron chi connectivity index (χ1n) is 5.26. The highest BCUT2D eigenvalue weighted by Gasteiger charge is 2.04. The molecule has 2 rings (SSSR count). The maximum Gasteiger partial charge on any atom is 0.101 e. The largest absolute Gasteiger partial charge is 0.192 e. The minimum atomic E-state index is 0.420. The second-order valence-corrected chi connectivity index (χ2v) is 3.85. The Morgan fingerprint density at radius 3 is 2.18 bits per heavy atom. The van der Waals surface area contributed by atoms with Crippen molar-refractivity contribution in [3.8, 4) is 23.3 Å². The fourth-order valence-electron chi connectivity index (χ4n) is 1.74. The third kappa shape index (κ3) is 2.17. The van der Waals surface area contributed by atoms with Crippen LogP contribution in [-0.4, -0.2) is 0 Å². The van der Waals surface area contributed by atoms with Gasteiger partial charge in [0.25, 0.3) is 0 Å². The van der Waals surface area contributed by atoms with Crippen molar-refractivity contribution >= 4 is 0 Å². The van der Waals surface area contributed by atoms with E-state index < -0.39 is 0 Å². The monoisotopic (exact) mass is 218 g/mol. The van der Waals surface area contributed by atoms with E-state index in [4.69, 9.17) is 10.5 Å². The van der Waals surface area contributed by atoms with Gasteiger partial charge in [0.05, 0.1) is 11.1 Å². The van der Waals surface area contributed by atoms with Crippen molar-refractivity contribution in [2.45, 2.75) is 6.92 Å². The highest BCUT2D eigenvalue weighted by Crippen LogP contribution is 2.22. The van der Waals surface area contributed by atoms with Gasteiger partial charge in [0.2, 0.25) is 0 Å². The first kappa shape index (κ1) is 10.9. The summed E-state index contributed by atoms with van der Waals surface area (Å²) >= 11 is 0. The summed E-state index contributed by atoms with van der Waals surface area (Å²) < 4.78 is 0. The van der Waals surface area contributed by atoms with E-state index >= 15 is 0 Å². The molecule has 0 atom stereocenters. The Hall–Kier alpha value is -2.58. The van der Waals surface area contributed by atoms with Crippen LogP contribution in [0.15, 0.2) is 42.5 Å². The Balaban J connectivity index is 2.56. The van der Waals surface area contributed by atoms with Gasteiger partial charge in [-0.2, -0.15) is 10.5 Å². The molecule has 2 heteroatoms. The Morgan fingerprint density at radius 2 is 1.53 bits per heavy atom. The normalized spacial score (nSPS) is 9.35. The smallest absolute Gasteiger partial charge is 0.101 e. The fourth-order valence-corrected chi connectivity index (χ4v) is 1.74. The van der Waals surface area contributed by atoms with Crippen molar-refractivity contribution in [3.63, 3.8) is 0 Å². The summed E-state index contributed by atoms with van der Waals surface area (Å²) in [6.45, 7) is 2.03. The van der Waals surface area contributed by atoms with E-state index in [1.54, 1.807) is 12.1 Å². The summed E-state index contributed by atoms with van der Waals surface area (Å²) in [6.07, 6.45) is 0. The molecule has 0 heterocycles. The average Bonchev–Trinajstić information content (AvgIpc) is 2.38. The van der Waals surface area contributed by atoms with Crippen LogP contribution in [0.25, 0.3) is 11.1 Å². The maximum absolute atomic E-state index is 8.97. The van der Waals surface area contributed by atoms with Crippen molar-refractivity contribution < 1.29 is 0 Å². The van der Waals surface area contributed by atoms with Crippen LogP contribution in [0.1, 0.15) is 16.7 Å². The average molecular weight is 218 g/mol. The Kier molecular flexibility index (Phi) is 2.90. The molecule has 2 nitrogen and oxygen atoms in total. The van der Waals surface area contributed by atoms with E-state index in [0.717, 1.165) is 11.1 Å². The molecule has 0 aliphatic rings. The molecule has 0 unspecified atom stereocenters. The molecule has 0 saturated heterocycles. The second-order valence-electron chi connectivity index (χ2n) is 3.85. The minimum absolute atomic E-state index is 0.420. The molecule has 0 radical (unpaired) electrons. The molecule has 0 bridgehead atoms. The number of hydrogen-bond acceptors (Lipinski definition) is 2. The predicted molar refractivity (Wildman–Crippen MR) is 66.0 cm³/mol. The van der Waals surface area contributed by atoms with E-state index in [0.29, 0.717) is 11.1 Å². The lowest BCUT2D eigenvalue weighted by Crippen LogP contribution is -1.86. The maximum atomic E-state index is 8.97. The number of nitriles is 2. The third-order valence-electron chi connectivity index (χ3n) is 2.61. The van der Waals surface area contributed by atoms with Crippen molar-refractivity contribution in [1.29, 1.82) is 10.5 Å². The topological polar surface area (TPSA) is 47.6 Å². The minimum Gasteiger partial charge on any atom is -0.192 e. The van der Waals surface area contributed by atoms with E-state index in [9.17, 15) is 0 Å². The molecule has 17 heavy (non-hydrogen) atoms. The quantitative estimate of drug-likeness (QED) is 0.736. The van der Waals surface area contributed by atoms with Crippen molar-refractivity contribution in [2.24, 2.45) is 0 Å². The zero-order valence-corrected chi connectivity index (χ0v) is 9.44. The van der Waals surface area contributed by atoms with Gasteiger partial charge >= 0.3 is 0 Å². The van der Waals surface area contributed by atoms with Crippen LogP contribution in [0.4, 0.5) is 0 Å². The van der Waals surface area contributed by atoms with Crippen molar-refractivity contribution in [1.82, 2.24) is 0 Å². The lowest BCUT2D eigenvalue weighted by atomic mass is 9.99. The molecule has 0 fully saturated rings. The second kappa shape index (κ2) is 4.51. The predicted octanol–water partition coefficient (Wildman–Crippen LogP) is 3.41. The van der Waals surface area contributed by atoms with E-state index in [-0.39, 0.29) is 0 Å². The van der Waals surface area contributed by atoms with Crippen LogP contribution in [0.2, 0.25) is 0 Å². The van der Waals surface area contributed by atoms with Gasteiger partial charge in [-0.1, -0.05) is 35.9 Å². The fraction of sp³-hybridized carbons (Fsp3) is 0.0667. The van der Waals surface area contributed by atoms with E-state index in [1.165, 1.54) is 5.56 Å². The highest BCUT2D eigenvalue weighted by atomic mass is 14.3. The number of benzene rings is 2. The number of nitrogens with zero attached hydrogens (tertiary/aromatic N) is 2. The molecule has 0 aromatic heterocycles. The number of aryl methyl sites for hydroxylation is 1. The first-order valence-corrected chi connectivity index (χ1v) is 5.26. The molecular weight excluding hydrogens is 208 g/mol. The molecule has 0 aliphatic heterocycles. The molecular formula is C15H10N2. The van der Waals surface area contributed by atoms with Crippen LogP contribution in [0, 0.1) is 29.6 Å². The zero-order valence-electron chi connectivity index (χ0n) is 9.44. The number of rotatable bonds is 1. The molecule has 0 aliphatic carbocycles. The van der Waals surface area contributed by atoms with E-state index in [2.05, 4.69) is 6.07 Å². The van der Waals surface area contributed by atoms with Crippen LogP contribution in [0.5, 0.6) is 0 Å². The SMILES string of the molecule is Cc1cccc(-c2ccc(C#N)c(C#N)c2)c1. The standard InChI is InChI=1S/C15H10N2/c1-11-3-2-4-12(7-11)13-5-6-14(9-16)15(8-13)10-17/h2-8H,1H3. The summed E-state index contributed by atoms with van der Waals surface area (Å²) in [5.74, 6) is 0. The van der Waals surface area contributed by atoms with E-state index in [1.807, 2.05) is 43.3 Å². The summed E-state index contributed by atoms with van der Waals surface area (Å²) in [5.41, 5.74) is 4.04. The summed E-state index contributed by atoms with van der Waals surface area (Å²) in [7, 11) is 0. The number of hydrogen-bond donors (Lipinski definition) is 0. The van der Waals surface area contributed by atoms with Gasteiger partial charge in [0.15, 0.2) is 0 Å². The van der Waals surface area contributed by atoms with Crippen LogP contribution in [-0.2, 0) is 0 Å². The third-order valence-corrected chi connectivity index (χ3v) is 2.61. The highest BCUT2D eigenvalue weighted by molar-refractivity contribution is 5.67. The Bertz CT molecular complexity index is 643.